The average molecular weight is 264 g/mol. The van der Waals surface area contributed by atoms with Crippen molar-refractivity contribution in [3.63, 3.8) is 0 Å². The van der Waals surface area contributed by atoms with Crippen LogP contribution >= 0.6 is 0 Å². The number of rotatable bonds is 2. The summed E-state index contributed by atoms with van der Waals surface area (Å²) in [6.07, 6.45) is -4.26. The molecule has 0 radical (unpaired) electrons. The van der Waals surface area contributed by atoms with Crippen LogP contribution in [-0.4, -0.2) is 6.54 Å². The first-order valence-corrected chi connectivity index (χ1v) is 5.10. The summed E-state index contributed by atoms with van der Waals surface area (Å²) in [6, 6.07) is 4.53. The minimum absolute atomic E-state index is 0.0123. The largest absolute Gasteiger partial charge is 0.416 e. The predicted molar refractivity (Wildman–Crippen MR) is 61.7 cm³/mol. The van der Waals surface area contributed by atoms with Gasteiger partial charge in [0.25, 0.3) is 0 Å². The molecule has 0 fully saturated rings. The normalized spacial score (nSPS) is 9.79. The molecule has 1 rings (SSSR count). The summed E-state index contributed by atoms with van der Waals surface area (Å²) in [5, 5.41) is 12.0. The topological polar surface area (TPSA) is 72.5 Å². The Morgan fingerprint density at radius 3 is 2.63 bits per heavy atom. The second-order valence-corrected chi connectivity index (χ2v) is 3.38. The van der Waals surface area contributed by atoms with Crippen LogP contribution in [-0.2, 0) is 6.18 Å². The van der Waals surface area contributed by atoms with Crippen LogP contribution in [0.4, 0.5) is 13.2 Å². The van der Waals surface area contributed by atoms with Gasteiger partial charge in [0.15, 0.2) is 0 Å². The van der Waals surface area contributed by atoms with E-state index in [0.717, 1.165) is 18.2 Å². The van der Waals surface area contributed by atoms with E-state index in [2.05, 4.69) is 21.9 Å². The van der Waals surface area contributed by atoms with Crippen molar-refractivity contribution >= 4 is 0 Å². The van der Waals surface area contributed by atoms with Gasteiger partial charge in [-0.3, -0.25) is 0 Å². The number of azide groups is 1. The van der Waals surface area contributed by atoms with Crippen LogP contribution in [0.5, 0.6) is 0 Å². The zero-order chi connectivity index (χ0) is 14.3. The van der Waals surface area contributed by atoms with E-state index in [1.165, 1.54) is 0 Å². The molecule has 1 aromatic carbocycles. The third kappa shape index (κ3) is 4.27. The van der Waals surface area contributed by atoms with E-state index in [-0.39, 0.29) is 24.1 Å². The van der Waals surface area contributed by atoms with Gasteiger partial charge >= 0.3 is 6.18 Å². The van der Waals surface area contributed by atoms with Gasteiger partial charge in [-0.05, 0) is 23.7 Å². The molecule has 0 aliphatic carbocycles. The third-order valence-corrected chi connectivity index (χ3v) is 2.09. The second-order valence-electron chi connectivity index (χ2n) is 3.38. The molecule has 0 atom stereocenters. The fraction of sp³-hybridized carbons (Fsp3) is 0.250. The van der Waals surface area contributed by atoms with Gasteiger partial charge in [0.2, 0.25) is 0 Å². The highest BCUT2D eigenvalue weighted by Crippen LogP contribution is 2.30. The Bertz CT molecular complexity index is 611. The summed E-state index contributed by atoms with van der Waals surface area (Å²) in [7, 11) is 0. The summed E-state index contributed by atoms with van der Waals surface area (Å²) in [6.45, 7) is 0.129. The van der Waals surface area contributed by atoms with E-state index in [1.807, 2.05) is 0 Å². The maximum absolute atomic E-state index is 12.5. The standard InChI is InChI=1S/C12H7F3N4/c13-12(14,15)11-5-4-10(8-16)9(7-11)3-1-2-6-18-19-17/h4-5,7H,2,6H2. The lowest BCUT2D eigenvalue weighted by molar-refractivity contribution is -0.137. The van der Waals surface area contributed by atoms with Crippen molar-refractivity contribution in [2.24, 2.45) is 5.11 Å². The van der Waals surface area contributed by atoms with E-state index < -0.39 is 11.7 Å². The van der Waals surface area contributed by atoms with Gasteiger partial charge in [0, 0.05) is 23.4 Å². The second kappa shape index (κ2) is 6.34. The molecule has 4 nitrogen and oxygen atoms in total. The lowest BCUT2D eigenvalue weighted by Crippen LogP contribution is -2.05. The molecule has 0 saturated carbocycles. The first kappa shape index (κ1) is 14.4. The van der Waals surface area contributed by atoms with Crippen LogP contribution in [0.1, 0.15) is 23.1 Å². The predicted octanol–water partition coefficient (Wildman–Crippen LogP) is 3.63. The highest BCUT2D eigenvalue weighted by atomic mass is 19.4. The molecule has 0 N–H and O–H groups in total. The molecule has 96 valence electrons. The van der Waals surface area contributed by atoms with Crippen LogP contribution in [0.3, 0.4) is 0 Å². The van der Waals surface area contributed by atoms with E-state index >= 15 is 0 Å². The number of nitrogens with zero attached hydrogens (tertiary/aromatic N) is 4. The van der Waals surface area contributed by atoms with Crippen molar-refractivity contribution < 1.29 is 13.2 Å². The fourth-order valence-corrected chi connectivity index (χ4v) is 1.23. The molecule has 0 spiro atoms. The van der Waals surface area contributed by atoms with Gasteiger partial charge in [0.05, 0.1) is 11.1 Å². The van der Waals surface area contributed by atoms with Crippen molar-refractivity contribution in [3.8, 4) is 17.9 Å². The minimum Gasteiger partial charge on any atom is -0.192 e. The maximum atomic E-state index is 12.5. The molecule has 0 aliphatic heterocycles. The monoisotopic (exact) mass is 264 g/mol. The average Bonchev–Trinajstić information content (AvgIpc) is 2.37. The van der Waals surface area contributed by atoms with E-state index in [0.29, 0.717) is 0 Å². The van der Waals surface area contributed by atoms with Gasteiger partial charge in [-0.1, -0.05) is 17.0 Å². The van der Waals surface area contributed by atoms with Gasteiger partial charge < -0.3 is 0 Å². The minimum atomic E-state index is -4.48. The number of halogens is 3. The van der Waals surface area contributed by atoms with E-state index in [9.17, 15) is 13.2 Å². The van der Waals surface area contributed by atoms with Crippen molar-refractivity contribution in [1.29, 1.82) is 5.26 Å². The number of nitriles is 1. The van der Waals surface area contributed by atoms with Crippen LogP contribution < -0.4 is 0 Å². The molecule has 0 amide bonds. The number of hydrogen-bond acceptors (Lipinski definition) is 2. The summed E-state index contributed by atoms with van der Waals surface area (Å²) >= 11 is 0. The Hall–Kier alpha value is -2.63. The molecular formula is C12H7F3N4. The molecule has 0 aliphatic rings. The first-order valence-electron chi connectivity index (χ1n) is 5.10. The van der Waals surface area contributed by atoms with Crippen molar-refractivity contribution in [3.05, 3.63) is 45.3 Å². The summed E-state index contributed by atoms with van der Waals surface area (Å²) in [4.78, 5) is 2.52. The van der Waals surface area contributed by atoms with Gasteiger partial charge in [-0.2, -0.15) is 18.4 Å². The SMILES string of the molecule is N#Cc1ccc(C(F)(F)F)cc1C#CCCN=[N+]=[N-]. The molecule has 0 unspecified atom stereocenters. The Labute approximate surface area is 107 Å². The summed E-state index contributed by atoms with van der Waals surface area (Å²) < 4.78 is 37.5. The van der Waals surface area contributed by atoms with Crippen molar-refractivity contribution in [2.75, 3.05) is 6.54 Å². The summed E-state index contributed by atoms with van der Waals surface area (Å²) in [5.74, 6) is 5.04. The van der Waals surface area contributed by atoms with Crippen LogP contribution in [0, 0.1) is 23.2 Å². The highest BCUT2D eigenvalue weighted by Gasteiger charge is 2.30. The Kier molecular flexibility index (Phi) is 4.82. The lowest BCUT2D eigenvalue weighted by atomic mass is 10.0. The van der Waals surface area contributed by atoms with Gasteiger partial charge in [-0.15, -0.1) is 0 Å². The highest BCUT2D eigenvalue weighted by molar-refractivity contribution is 5.50. The molecule has 0 heterocycles. The van der Waals surface area contributed by atoms with Crippen LogP contribution in [0.2, 0.25) is 0 Å². The molecule has 19 heavy (non-hydrogen) atoms. The third-order valence-electron chi connectivity index (χ3n) is 2.09. The lowest BCUT2D eigenvalue weighted by Gasteiger charge is -2.07. The number of benzene rings is 1. The fourth-order valence-electron chi connectivity index (χ4n) is 1.23. The molecular weight excluding hydrogens is 257 g/mol. The van der Waals surface area contributed by atoms with Crippen LogP contribution in [0.25, 0.3) is 10.4 Å². The smallest absolute Gasteiger partial charge is 0.192 e. The summed E-state index contributed by atoms with van der Waals surface area (Å²) in [5.41, 5.74) is 7.26. The Balaban J connectivity index is 3.04. The molecule has 1 aromatic rings. The zero-order valence-electron chi connectivity index (χ0n) is 9.57. The number of hydrogen-bond donors (Lipinski definition) is 0. The zero-order valence-corrected chi connectivity index (χ0v) is 9.57. The first-order chi connectivity index (χ1) is 8.99. The van der Waals surface area contributed by atoms with Gasteiger partial charge in [-0.25, -0.2) is 0 Å². The van der Waals surface area contributed by atoms with E-state index in [1.54, 1.807) is 6.07 Å². The Morgan fingerprint density at radius 1 is 1.32 bits per heavy atom. The number of alkyl halides is 3. The van der Waals surface area contributed by atoms with Crippen LogP contribution in [0.15, 0.2) is 23.3 Å². The molecule has 0 saturated heterocycles. The van der Waals surface area contributed by atoms with Crippen molar-refractivity contribution in [1.82, 2.24) is 0 Å². The van der Waals surface area contributed by atoms with E-state index in [4.69, 9.17) is 10.8 Å². The van der Waals surface area contributed by atoms with Gasteiger partial charge in [0.1, 0.15) is 6.07 Å². The molecule has 0 bridgehead atoms. The maximum Gasteiger partial charge on any atom is 0.416 e. The Morgan fingerprint density at radius 2 is 2.05 bits per heavy atom. The quantitative estimate of drug-likeness (QED) is 0.264. The molecule has 0 aromatic heterocycles. The molecule has 7 heteroatoms. The van der Waals surface area contributed by atoms with Crippen molar-refractivity contribution in [2.45, 2.75) is 12.6 Å².